The smallest absolute Gasteiger partial charge is 0.234 e. The molecule has 0 bridgehead atoms. The van der Waals surface area contributed by atoms with Gasteiger partial charge in [-0.15, -0.1) is 0 Å². The highest BCUT2D eigenvalue weighted by Gasteiger charge is 2.11. The zero-order chi connectivity index (χ0) is 12.6. The number of carbonyl (C=O) groups is 1. The van der Waals surface area contributed by atoms with Gasteiger partial charge >= 0.3 is 0 Å². The van der Waals surface area contributed by atoms with Gasteiger partial charge in [0.15, 0.2) is 0 Å². The molecule has 0 aromatic heterocycles. The van der Waals surface area contributed by atoms with E-state index in [9.17, 15) is 4.79 Å². The van der Waals surface area contributed by atoms with Crippen LogP contribution in [0, 0.1) is 23.2 Å². The van der Waals surface area contributed by atoms with Crippen molar-refractivity contribution in [2.75, 3.05) is 26.2 Å². The molecule has 0 saturated heterocycles. The molecule has 0 fully saturated rings. The highest BCUT2D eigenvalue weighted by Crippen LogP contribution is 1.98. The Balaban J connectivity index is 3.93. The molecule has 0 saturated carbocycles. The second kappa shape index (κ2) is 8.12. The molecule has 0 aliphatic heterocycles. The third-order valence-corrected chi connectivity index (χ3v) is 2.27. The second-order valence-corrected chi connectivity index (χ2v) is 4.56. The molecule has 0 aromatic carbocycles. The highest BCUT2D eigenvalue weighted by molar-refractivity contribution is 5.77. The van der Waals surface area contributed by atoms with E-state index in [-0.39, 0.29) is 11.8 Å². The lowest BCUT2D eigenvalue weighted by Crippen LogP contribution is -2.40. The molecule has 0 aromatic rings. The van der Waals surface area contributed by atoms with Gasteiger partial charge in [0.25, 0.3) is 0 Å². The molecule has 1 N–H and O–H groups in total. The first-order chi connectivity index (χ1) is 7.49. The summed E-state index contributed by atoms with van der Waals surface area (Å²) in [6.07, 6.45) is 0. The topological polar surface area (TPSA) is 56.1 Å². The average molecular weight is 225 g/mol. The number of likely N-dealkylation sites (N-methyl/N-ethyl adjacent to an activating group) is 1. The highest BCUT2D eigenvalue weighted by atomic mass is 16.2. The van der Waals surface area contributed by atoms with E-state index >= 15 is 0 Å². The van der Waals surface area contributed by atoms with E-state index in [1.165, 1.54) is 0 Å². The fourth-order valence-corrected chi connectivity index (χ4v) is 1.31. The number of hydrogen-bond acceptors (Lipinski definition) is 3. The number of rotatable bonds is 7. The summed E-state index contributed by atoms with van der Waals surface area (Å²) in [5.74, 6) is 0.482. The Morgan fingerprint density at radius 1 is 1.44 bits per heavy atom. The zero-order valence-electron chi connectivity index (χ0n) is 10.8. The Kier molecular flexibility index (Phi) is 7.57. The van der Waals surface area contributed by atoms with Gasteiger partial charge in [-0.1, -0.05) is 20.8 Å². The van der Waals surface area contributed by atoms with Gasteiger partial charge < -0.3 is 5.32 Å². The van der Waals surface area contributed by atoms with Crippen LogP contribution >= 0.6 is 0 Å². The molecular formula is C12H23N3O. The molecule has 0 heterocycles. The van der Waals surface area contributed by atoms with E-state index in [1.807, 2.05) is 18.7 Å². The molecule has 4 heteroatoms. The fraction of sp³-hybridized carbons (Fsp3) is 0.833. The van der Waals surface area contributed by atoms with E-state index in [4.69, 9.17) is 5.26 Å². The molecule has 0 aliphatic rings. The van der Waals surface area contributed by atoms with E-state index < -0.39 is 0 Å². The lowest BCUT2D eigenvalue weighted by atomic mass is 10.2. The van der Waals surface area contributed by atoms with Crippen LogP contribution in [0.5, 0.6) is 0 Å². The van der Waals surface area contributed by atoms with Crippen LogP contribution < -0.4 is 5.32 Å². The zero-order valence-corrected chi connectivity index (χ0v) is 10.8. The quantitative estimate of drug-likeness (QED) is 0.709. The Morgan fingerprint density at radius 2 is 2.06 bits per heavy atom. The Bertz CT molecular complexity index is 245. The lowest BCUT2D eigenvalue weighted by molar-refractivity contribution is -0.122. The maximum absolute atomic E-state index is 11.6. The summed E-state index contributed by atoms with van der Waals surface area (Å²) in [6, 6.07) is 2.18. The minimum absolute atomic E-state index is 0.0298. The van der Waals surface area contributed by atoms with Crippen LogP contribution in [0.4, 0.5) is 0 Å². The molecule has 1 atom stereocenters. The number of carbonyl (C=O) groups excluding carboxylic acids is 1. The van der Waals surface area contributed by atoms with Gasteiger partial charge in [0, 0.05) is 13.1 Å². The summed E-state index contributed by atoms with van der Waals surface area (Å²) in [5, 5.41) is 11.6. The Hall–Kier alpha value is -1.08. The second-order valence-electron chi connectivity index (χ2n) is 4.56. The number of amides is 1. The van der Waals surface area contributed by atoms with Crippen molar-refractivity contribution < 1.29 is 4.79 Å². The standard InChI is InChI=1S/C12H23N3O/c1-5-15(8-11(4)6-13)9-12(16)14-7-10(2)3/h10-11H,5,7-9H2,1-4H3,(H,14,16). The number of hydrogen-bond donors (Lipinski definition) is 1. The van der Waals surface area contributed by atoms with Crippen molar-refractivity contribution in [2.45, 2.75) is 27.7 Å². The van der Waals surface area contributed by atoms with Gasteiger partial charge in [-0.05, 0) is 19.4 Å². The molecule has 0 radical (unpaired) electrons. The monoisotopic (exact) mass is 225 g/mol. The molecular weight excluding hydrogens is 202 g/mol. The first-order valence-electron chi connectivity index (χ1n) is 5.88. The molecule has 16 heavy (non-hydrogen) atoms. The van der Waals surface area contributed by atoms with Gasteiger partial charge in [0.2, 0.25) is 5.91 Å². The van der Waals surface area contributed by atoms with E-state index in [0.717, 1.165) is 6.54 Å². The SMILES string of the molecule is CCN(CC(=O)NCC(C)C)CC(C)C#N. The Labute approximate surface area is 98.6 Å². The van der Waals surface area contributed by atoms with Gasteiger partial charge in [-0.2, -0.15) is 5.26 Å². The lowest BCUT2D eigenvalue weighted by Gasteiger charge is -2.21. The van der Waals surface area contributed by atoms with Gasteiger partial charge in [-0.25, -0.2) is 0 Å². The van der Waals surface area contributed by atoms with Crippen LogP contribution in [0.2, 0.25) is 0 Å². The van der Waals surface area contributed by atoms with Gasteiger partial charge in [0.1, 0.15) is 0 Å². The third-order valence-electron chi connectivity index (χ3n) is 2.27. The predicted octanol–water partition coefficient (Wildman–Crippen LogP) is 1.24. The number of nitriles is 1. The minimum atomic E-state index is -0.0298. The maximum atomic E-state index is 11.6. The Morgan fingerprint density at radius 3 is 2.50 bits per heavy atom. The molecule has 0 spiro atoms. The third kappa shape index (κ3) is 7.24. The summed E-state index contributed by atoms with van der Waals surface area (Å²) in [7, 11) is 0. The summed E-state index contributed by atoms with van der Waals surface area (Å²) in [5.41, 5.74) is 0. The van der Waals surface area contributed by atoms with Crippen LogP contribution in [0.15, 0.2) is 0 Å². The normalized spacial score (nSPS) is 12.6. The van der Waals surface area contributed by atoms with Crippen molar-refractivity contribution in [1.82, 2.24) is 10.2 Å². The van der Waals surface area contributed by atoms with Crippen molar-refractivity contribution in [1.29, 1.82) is 5.26 Å². The van der Waals surface area contributed by atoms with Crippen LogP contribution in [0.3, 0.4) is 0 Å². The van der Waals surface area contributed by atoms with E-state index in [0.29, 0.717) is 25.6 Å². The summed E-state index contributed by atoms with van der Waals surface area (Å²) in [4.78, 5) is 13.5. The first-order valence-corrected chi connectivity index (χ1v) is 5.88. The van der Waals surface area contributed by atoms with Crippen molar-refractivity contribution in [2.24, 2.45) is 11.8 Å². The van der Waals surface area contributed by atoms with Crippen LogP contribution in [0.1, 0.15) is 27.7 Å². The summed E-state index contributed by atoms with van der Waals surface area (Å²) in [6.45, 7) is 10.5. The minimum Gasteiger partial charge on any atom is -0.355 e. The van der Waals surface area contributed by atoms with E-state index in [1.54, 1.807) is 0 Å². The molecule has 0 aliphatic carbocycles. The fourth-order valence-electron chi connectivity index (χ4n) is 1.31. The van der Waals surface area contributed by atoms with Gasteiger partial charge in [0.05, 0.1) is 18.5 Å². The van der Waals surface area contributed by atoms with Gasteiger partial charge in [-0.3, -0.25) is 9.69 Å². The maximum Gasteiger partial charge on any atom is 0.234 e. The molecule has 92 valence electrons. The molecule has 1 amide bonds. The van der Waals surface area contributed by atoms with E-state index in [2.05, 4.69) is 25.2 Å². The van der Waals surface area contributed by atoms with Crippen molar-refractivity contribution in [3.63, 3.8) is 0 Å². The first kappa shape index (κ1) is 14.9. The van der Waals surface area contributed by atoms with Crippen molar-refractivity contribution >= 4 is 5.91 Å². The molecule has 0 rings (SSSR count). The molecule has 1 unspecified atom stereocenters. The largest absolute Gasteiger partial charge is 0.355 e. The van der Waals surface area contributed by atoms with Crippen LogP contribution in [-0.4, -0.2) is 37.0 Å². The average Bonchev–Trinajstić information content (AvgIpc) is 2.25. The summed E-state index contributed by atoms with van der Waals surface area (Å²) < 4.78 is 0. The number of nitrogens with zero attached hydrogens (tertiary/aromatic N) is 2. The molecule has 4 nitrogen and oxygen atoms in total. The number of nitrogens with one attached hydrogen (secondary N) is 1. The van der Waals surface area contributed by atoms with Crippen LogP contribution in [0.25, 0.3) is 0 Å². The predicted molar refractivity (Wildman–Crippen MR) is 64.7 cm³/mol. The van der Waals surface area contributed by atoms with Crippen molar-refractivity contribution in [3.05, 3.63) is 0 Å². The summed E-state index contributed by atoms with van der Waals surface area (Å²) >= 11 is 0. The van der Waals surface area contributed by atoms with Crippen LogP contribution in [-0.2, 0) is 4.79 Å². The van der Waals surface area contributed by atoms with Crippen molar-refractivity contribution in [3.8, 4) is 6.07 Å².